The summed E-state index contributed by atoms with van der Waals surface area (Å²) in [6.45, 7) is 0. The van der Waals surface area contributed by atoms with Gasteiger partial charge in [-0.25, -0.2) is 0 Å². The second kappa shape index (κ2) is 4.97. The molecule has 0 aromatic carbocycles. The Labute approximate surface area is 117 Å². The monoisotopic (exact) mass is 588 g/mol. The fourth-order valence-electron chi connectivity index (χ4n) is 1.04. The maximum Gasteiger partial charge on any atom is 0.0355 e. The molecule has 4 atom stereocenters. The average Bonchev–Trinajstić information content (AvgIpc) is 1.93. The predicted octanol–water partition coefficient (Wildman–Crippen LogP) is 3.99. The van der Waals surface area contributed by atoms with Crippen LogP contribution in [0.1, 0.15) is 12.8 Å². The number of hydrogen-bond acceptors (Lipinski definition) is 0. The first-order valence-corrected chi connectivity index (χ1v) is 8.17. The highest BCUT2D eigenvalue weighted by molar-refractivity contribution is 14.1. The Bertz CT molecular complexity index is 102. The van der Waals surface area contributed by atoms with Crippen molar-refractivity contribution in [3.05, 3.63) is 0 Å². The molecule has 0 N–H and O–H groups in total. The maximum atomic E-state index is 2.60. The van der Waals surface area contributed by atoms with E-state index in [1.54, 1.807) is 0 Å². The van der Waals surface area contributed by atoms with Crippen molar-refractivity contribution in [2.75, 3.05) is 0 Å². The third kappa shape index (κ3) is 2.71. The molecule has 1 aliphatic carbocycles. The lowest BCUT2D eigenvalue weighted by atomic mass is 10.0. The van der Waals surface area contributed by atoms with Crippen molar-refractivity contribution in [2.24, 2.45) is 0 Å². The van der Waals surface area contributed by atoms with Gasteiger partial charge in [0.2, 0.25) is 0 Å². The molecule has 0 aromatic heterocycles. The third-order valence-electron chi connectivity index (χ3n) is 1.71. The lowest BCUT2D eigenvalue weighted by Crippen LogP contribution is -2.36. The molecular formula is C6H8I4. The van der Waals surface area contributed by atoms with Crippen LogP contribution in [0.2, 0.25) is 0 Å². The van der Waals surface area contributed by atoms with E-state index in [0.29, 0.717) is 0 Å². The summed E-state index contributed by atoms with van der Waals surface area (Å²) in [6.07, 6.45) is 2.84. The van der Waals surface area contributed by atoms with E-state index >= 15 is 0 Å². The molecule has 0 spiro atoms. The molecule has 1 fully saturated rings. The molecule has 60 valence electrons. The molecule has 0 radical (unpaired) electrons. The Kier molecular flexibility index (Phi) is 5.46. The smallest absolute Gasteiger partial charge is 0.0355 e. The number of alkyl halides is 4. The van der Waals surface area contributed by atoms with Gasteiger partial charge in [0.1, 0.15) is 0 Å². The molecule has 0 amide bonds. The molecule has 4 unspecified atom stereocenters. The summed E-state index contributed by atoms with van der Waals surface area (Å²) in [5, 5.41) is 0. The highest BCUT2D eigenvalue weighted by Crippen LogP contribution is 2.38. The predicted molar refractivity (Wildman–Crippen MR) is 80.5 cm³/mol. The van der Waals surface area contributed by atoms with Crippen LogP contribution >= 0.6 is 90.4 Å². The van der Waals surface area contributed by atoms with E-state index in [-0.39, 0.29) is 0 Å². The zero-order valence-corrected chi connectivity index (χ0v) is 13.9. The van der Waals surface area contributed by atoms with Gasteiger partial charge in [0, 0.05) is 15.7 Å². The second-order valence-electron chi connectivity index (χ2n) is 2.50. The van der Waals surface area contributed by atoms with Crippen LogP contribution in [-0.4, -0.2) is 15.7 Å². The van der Waals surface area contributed by atoms with Crippen LogP contribution < -0.4 is 0 Å². The van der Waals surface area contributed by atoms with Crippen LogP contribution in [0.3, 0.4) is 0 Å². The lowest BCUT2D eigenvalue weighted by molar-refractivity contribution is 0.602. The van der Waals surface area contributed by atoms with E-state index in [1.807, 2.05) is 0 Å². The quantitative estimate of drug-likeness (QED) is 0.297. The molecule has 0 aromatic rings. The maximum absolute atomic E-state index is 2.60. The second-order valence-corrected chi connectivity index (χ2v) is 8.57. The summed E-state index contributed by atoms with van der Waals surface area (Å²) in [7, 11) is 0. The van der Waals surface area contributed by atoms with Crippen LogP contribution in [0.4, 0.5) is 0 Å². The zero-order chi connectivity index (χ0) is 7.72. The van der Waals surface area contributed by atoms with Gasteiger partial charge in [-0.3, -0.25) is 0 Å². The fraction of sp³-hybridized carbons (Fsp3) is 1.00. The van der Waals surface area contributed by atoms with Crippen molar-refractivity contribution in [2.45, 2.75) is 28.5 Å². The Balaban J connectivity index is 2.52. The molecule has 10 heavy (non-hydrogen) atoms. The molecule has 4 heteroatoms. The Morgan fingerprint density at radius 3 is 1.30 bits per heavy atom. The average molecular weight is 588 g/mol. The van der Waals surface area contributed by atoms with Crippen molar-refractivity contribution in [3.63, 3.8) is 0 Å². The summed E-state index contributed by atoms with van der Waals surface area (Å²) < 4.78 is 3.58. The van der Waals surface area contributed by atoms with Crippen LogP contribution in [0.25, 0.3) is 0 Å². The fourth-order valence-corrected chi connectivity index (χ4v) is 5.96. The summed E-state index contributed by atoms with van der Waals surface area (Å²) in [5.74, 6) is 0. The van der Waals surface area contributed by atoms with Crippen molar-refractivity contribution in [1.29, 1.82) is 0 Å². The zero-order valence-electron chi connectivity index (χ0n) is 5.24. The van der Waals surface area contributed by atoms with Crippen LogP contribution in [-0.2, 0) is 0 Å². The first kappa shape index (κ1) is 11.0. The Hall–Kier alpha value is 2.92. The minimum Gasteiger partial charge on any atom is -0.0814 e. The summed E-state index contributed by atoms with van der Waals surface area (Å²) in [5.41, 5.74) is 0. The van der Waals surface area contributed by atoms with E-state index < -0.39 is 0 Å². The van der Waals surface area contributed by atoms with Gasteiger partial charge in [-0.2, -0.15) is 0 Å². The minimum absolute atomic E-state index is 0.884. The Morgan fingerprint density at radius 1 is 0.700 bits per heavy atom. The topological polar surface area (TPSA) is 0 Å². The van der Waals surface area contributed by atoms with Crippen LogP contribution in [0.5, 0.6) is 0 Å². The van der Waals surface area contributed by atoms with E-state index in [4.69, 9.17) is 0 Å². The molecule has 1 rings (SSSR count). The highest BCUT2D eigenvalue weighted by Gasteiger charge is 2.33. The standard InChI is InChI=1S/C6H8I4/c7-3-1-2-4(8)6(10)5(3)9/h3-6H,1-2H2. The van der Waals surface area contributed by atoms with E-state index in [1.165, 1.54) is 12.8 Å². The summed E-state index contributed by atoms with van der Waals surface area (Å²) >= 11 is 10.4. The first-order valence-electron chi connectivity index (χ1n) is 3.19. The van der Waals surface area contributed by atoms with Gasteiger partial charge in [-0.1, -0.05) is 90.4 Å². The summed E-state index contributed by atoms with van der Waals surface area (Å²) in [6, 6.07) is 0. The molecular weight excluding hydrogens is 580 g/mol. The SMILES string of the molecule is IC1CCC(I)C(I)C1I. The van der Waals surface area contributed by atoms with Crippen molar-refractivity contribution in [1.82, 2.24) is 0 Å². The van der Waals surface area contributed by atoms with Crippen molar-refractivity contribution < 1.29 is 0 Å². The lowest BCUT2D eigenvalue weighted by Gasteiger charge is -2.31. The van der Waals surface area contributed by atoms with Crippen LogP contribution in [0.15, 0.2) is 0 Å². The molecule has 1 aliphatic rings. The Morgan fingerprint density at radius 2 is 1.00 bits per heavy atom. The summed E-state index contributed by atoms with van der Waals surface area (Å²) in [4.78, 5) is 0. The minimum atomic E-state index is 0.884. The number of halogens is 4. The molecule has 0 nitrogen and oxygen atoms in total. The van der Waals surface area contributed by atoms with Gasteiger partial charge in [0.05, 0.1) is 0 Å². The number of rotatable bonds is 0. The molecule has 0 aliphatic heterocycles. The molecule has 0 bridgehead atoms. The van der Waals surface area contributed by atoms with Crippen molar-refractivity contribution in [3.8, 4) is 0 Å². The molecule has 0 saturated heterocycles. The molecule has 1 saturated carbocycles. The number of hydrogen-bond donors (Lipinski definition) is 0. The van der Waals surface area contributed by atoms with Gasteiger partial charge in [-0.05, 0) is 12.8 Å². The van der Waals surface area contributed by atoms with Gasteiger partial charge in [-0.15, -0.1) is 0 Å². The third-order valence-corrected chi connectivity index (χ3v) is 11.9. The largest absolute Gasteiger partial charge is 0.0814 e. The molecule has 0 heterocycles. The van der Waals surface area contributed by atoms with Gasteiger partial charge in [0.25, 0.3) is 0 Å². The van der Waals surface area contributed by atoms with Gasteiger partial charge >= 0.3 is 0 Å². The van der Waals surface area contributed by atoms with E-state index in [2.05, 4.69) is 90.4 Å². The normalized spacial score (nSPS) is 49.2. The van der Waals surface area contributed by atoms with Crippen LogP contribution in [0, 0.1) is 0 Å². The van der Waals surface area contributed by atoms with Crippen molar-refractivity contribution >= 4 is 90.4 Å². The first-order chi connectivity index (χ1) is 4.63. The highest BCUT2D eigenvalue weighted by atomic mass is 127. The van der Waals surface area contributed by atoms with Gasteiger partial charge < -0.3 is 0 Å². The van der Waals surface area contributed by atoms with E-state index in [0.717, 1.165) is 15.7 Å². The van der Waals surface area contributed by atoms with E-state index in [9.17, 15) is 0 Å². The van der Waals surface area contributed by atoms with Gasteiger partial charge in [0.15, 0.2) is 0 Å².